The van der Waals surface area contributed by atoms with E-state index in [0.717, 1.165) is 0 Å². The van der Waals surface area contributed by atoms with Crippen molar-refractivity contribution >= 4 is 22.8 Å². The molecule has 0 bridgehead atoms. The van der Waals surface area contributed by atoms with E-state index in [4.69, 9.17) is 19.0 Å². The monoisotopic (exact) mass is 399 g/mol. The highest BCUT2D eigenvalue weighted by atomic mass is 16.5. The lowest BCUT2D eigenvalue weighted by molar-refractivity contribution is -0.138. The van der Waals surface area contributed by atoms with Crippen LogP contribution in [0.1, 0.15) is 0 Å². The number of hydrogen-bond donors (Lipinski definition) is 3. The zero-order valence-electron chi connectivity index (χ0n) is 15.3. The predicted octanol–water partition coefficient (Wildman–Crippen LogP) is 1.75. The number of carbonyl (C=O) groups excluding carboxylic acids is 1. The highest BCUT2D eigenvalue weighted by Gasteiger charge is 2.15. The van der Waals surface area contributed by atoms with E-state index < -0.39 is 30.5 Å². The van der Waals surface area contributed by atoms with Crippen LogP contribution >= 0.6 is 0 Å². The Bertz CT molecular complexity index is 1120. The number of carboxylic acid groups (broad SMARTS) is 1. The van der Waals surface area contributed by atoms with Crippen LogP contribution in [0.5, 0.6) is 17.2 Å². The summed E-state index contributed by atoms with van der Waals surface area (Å²) in [4.78, 5) is 34.8. The fourth-order valence-corrected chi connectivity index (χ4v) is 2.64. The topological polar surface area (TPSA) is 135 Å². The van der Waals surface area contributed by atoms with Crippen molar-refractivity contribution in [3.63, 3.8) is 0 Å². The highest BCUT2D eigenvalue weighted by Crippen LogP contribution is 2.30. The average Bonchev–Trinajstić information content (AvgIpc) is 2.71. The van der Waals surface area contributed by atoms with Crippen molar-refractivity contribution < 1.29 is 33.7 Å². The molecule has 3 aromatic rings. The number of phenolic OH excluding ortho intramolecular Hbond substituents is 1. The molecule has 3 rings (SSSR count). The summed E-state index contributed by atoms with van der Waals surface area (Å²) in [5, 5.41) is 20.9. The standard InChI is InChI=1S/C20H17NO8/c1-27-12-4-2-11(3-5-12)14-9-29-16-7-13(6-15(22)19(16)20(14)26)28-10-17(23)21-8-18(24)25/h2-7,9,22H,8,10H2,1H3,(H,21,23)(H,24,25). The van der Waals surface area contributed by atoms with Crippen molar-refractivity contribution in [1.82, 2.24) is 5.32 Å². The molecule has 150 valence electrons. The van der Waals surface area contributed by atoms with Crippen LogP contribution in [0.3, 0.4) is 0 Å². The van der Waals surface area contributed by atoms with Crippen LogP contribution in [0.15, 0.2) is 51.9 Å². The van der Waals surface area contributed by atoms with Crippen LogP contribution in [-0.4, -0.2) is 42.4 Å². The third-order valence-corrected chi connectivity index (χ3v) is 4.04. The number of fused-ring (bicyclic) bond motifs is 1. The zero-order chi connectivity index (χ0) is 21.0. The number of nitrogens with one attached hydrogen (secondary N) is 1. The summed E-state index contributed by atoms with van der Waals surface area (Å²) in [5.41, 5.74) is 0.501. The van der Waals surface area contributed by atoms with Crippen LogP contribution in [0, 0.1) is 0 Å². The first-order valence-corrected chi connectivity index (χ1v) is 8.43. The van der Waals surface area contributed by atoms with Crippen molar-refractivity contribution in [2.45, 2.75) is 0 Å². The summed E-state index contributed by atoms with van der Waals surface area (Å²) in [6, 6.07) is 9.33. The second kappa shape index (κ2) is 8.34. The number of carboxylic acids is 1. The van der Waals surface area contributed by atoms with Gasteiger partial charge in [0.05, 0.1) is 12.7 Å². The molecule has 0 aliphatic carbocycles. The van der Waals surface area contributed by atoms with E-state index in [2.05, 4.69) is 5.32 Å². The first-order valence-electron chi connectivity index (χ1n) is 8.43. The maximum absolute atomic E-state index is 12.8. The van der Waals surface area contributed by atoms with Crippen molar-refractivity contribution in [3.05, 3.63) is 52.9 Å². The second-order valence-corrected chi connectivity index (χ2v) is 5.98. The molecule has 1 heterocycles. The lowest BCUT2D eigenvalue weighted by atomic mass is 10.0. The molecular formula is C20H17NO8. The Morgan fingerprint density at radius 1 is 1.14 bits per heavy atom. The number of ether oxygens (including phenoxy) is 2. The minimum absolute atomic E-state index is 0.0269. The molecule has 9 nitrogen and oxygen atoms in total. The van der Waals surface area contributed by atoms with E-state index in [1.165, 1.54) is 25.5 Å². The first kappa shape index (κ1) is 19.7. The van der Waals surface area contributed by atoms with Gasteiger partial charge in [-0.05, 0) is 17.7 Å². The molecule has 0 aliphatic rings. The molecule has 0 fully saturated rings. The Morgan fingerprint density at radius 3 is 2.52 bits per heavy atom. The number of amides is 1. The van der Waals surface area contributed by atoms with Gasteiger partial charge >= 0.3 is 5.97 Å². The number of methoxy groups -OCH3 is 1. The van der Waals surface area contributed by atoms with Crippen LogP contribution < -0.4 is 20.2 Å². The van der Waals surface area contributed by atoms with Crippen LogP contribution in [0.25, 0.3) is 22.1 Å². The number of aromatic hydroxyl groups is 1. The number of hydrogen-bond acceptors (Lipinski definition) is 7. The third kappa shape index (κ3) is 4.46. The molecule has 1 aromatic heterocycles. The molecule has 9 heteroatoms. The molecule has 1 amide bonds. The third-order valence-electron chi connectivity index (χ3n) is 4.04. The highest BCUT2D eigenvalue weighted by molar-refractivity contribution is 5.88. The quantitative estimate of drug-likeness (QED) is 0.547. The van der Waals surface area contributed by atoms with Gasteiger partial charge in [-0.3, -0.25) is 14.4 Å². The van der Waals surface area contributed by atoms with Crippen LogP contribution in [0.4, 0.5) is 0 Å². The van der Waals surface area contributed by atoms with E-state index in [-0.39, 0.29) is 28.0 Å². The first-order chi connectivity index (χ1) is 13.9. The molecule has 0 aliphatic heterocycles. The molecule has 0 saturated carbocycles. The summed E-state index contributed by atoms with van der Waals surface area (Å²) in [6.45, 7) is -0.999. The fraction of sp³-hybridized carbons (Fsp3) is 0.150. The number of carbonyl (C=O) groups is 2. The van der Waals surface area contributed by atoms with Gasteiger partial charge in [0.15, 0.2) is 6.61 Å². The summed E-state index contributed by atoms with van der Waals surface area (Å²) in [7, 11) is 1.53. The van der Waals surface area contributed by atoms with Crippen molar-refractivity contribution in [3.8, 4) is 28.4 Å². The fourth-order valence-electron chi connectivity index (χ4n) is 2.64. The minimum Gasteiger partial charge on any atom is -0.507 e. The van der Waals surface area contributed by atoms with Gasteiger partial charge in [-0.2, -0.15) is 0 Å². The van der Waals surface area contributed by atoms with Crippen LogP contribution in [-0.2, 0) is 9.59 Å². The Hall–Kier alpha value is -4.01. The Kier molecular flexibility index (Phi) is 5.68. The Labute approximate surface area is 164 Å². The van der Waals surface area contributed by atoms with Gasteiger partial charge in [0.25, 0.3) is 5.91 Å². The van der Waals surface area contributed by atoms with Gasteiger partial charge in [0.1, 0.15) is 41.0 Å². The molecule has 0 unspecified atom stereocenters. The number of aliphatic carboxylic acids is 1. The lowest BCUT2D eigenvalue weighted by Crippen LogP contribution is -2.33. The second-order valence-electron chi connectivity index (χ2n) is 5.98. The number of benzene rings is 2. The maximum atomic E-state index is 12.8. The Morgan fingerprint density at radius 2 is 1.86 bits per heavy atom. The molecule has 0 spiro atoms. The summed E-state index contributed by atoms with van der Waals surface area (Å²) in [6.07, 6.45) is 1.27. The average molecular weight is 399 g/mol. The van der Waals surface area contributed by atoms with Gasteiger partial charge in [-0.15, -0.1) is 0 Å². The number of rotatable bonds is 7. The van der Waals surface area contributed by atoms with Gasteiger partial charge in [0.2, 0.25) is 5.43 Å². The van der Waals surface area contributed by atoms with E-state index in [9.17, 15) is 19.5 Å². The molecule has 0 saturated heterocycles. The summed E-state index contributed by atoms with van der Waals surface area (Å²) < 4.78 is 15.8. The van der Waals surface area contributed by atoms with Crippen molar-refractivity contribution in [2.75, 3.05) is 20.3 Å². The largest absolute Gasteiger partial charge is 0.507 e. The molecule has 2 aromatic carbocycles. The minimum atomic E-state index is -1.18. The smallest absolute Gasteiger partial charge is 0.322 e. The van der Waals surface area contributed by atoms with Gasteiger partial charge < -0.3 is 29.4 Å². The Balaban J connectivity index is 1.86. The van der Waals surface area contributed by atoms with Gasteiger partial charge in [-0.25, -0.2) is 0 Å². The molecular weight excluding hydrogens is 382 g/mol. The summed E-state index contributed by atoms with van der Waals surface area (Å²) >= 11 is 0. The summed E-state index contributed by atoms with van der Waals surface area (Å²) in [5.74, 6) is -1.48. The molecule has 3 N–H and O–H groups in total. The SMILES string of the molecule is COc1ccc(-c2coc3cc(OCC(=O)NCC(=O)O)cc(O)c3c2=O)cc1. The molecule has 0 radical (unpaired) electrons. The lowest BCUT2D eigenvalue weighted by Gasteiger charge is -2.09. The van der Waals surface area contributed by atoms with Crippen LogP contribution in [0.2, 0.25) is 0 Å². The zero-order valence-corrected chi connectivity index (χ0v) is 15.3. The van der Waals surface area contributed by atoms with Crippen molar-refractivity contribution in [1.29, 1.82) is 0 Å². The molecule has 29 heavy (non-hydrogen) atoms. The van der Waals surface area contributed by atoms with E-state index in [1.54, 1.807) is 24.3 Å². The number of phenols is 1. The van der Waals surface area contributed by atoms with E-state index in [1.807, 2.05) is 0 Å². The van der Waals surface area contributed by atoms with E-state index in [0.29, 0.717) is 11.3 Å². The molecule has 0 atom stereocenters. The van der Waals surface area contributed by atoms with E-state index >= 15 is 0 Å². The van der Waals surface area contributed by atoms with Gasteiger partial charge in [-0.1, -0.05) is 12.1 Å². The maximum Gasteiger partial charge on any atom is 0.322 e. The van der Waals surface area contributed by atoms with Gasteiger partial charge in [0, 0.05) is 12.1 Å². The normalized spacial score (nSPS) is 10.5. The van der Waals surface area contributed by atoms with Crippen molar-refractivity contribution in [2.24, 2.45) is 0 Å². The predicted molar refractivity (Wildman–Crippen MR) is 102 cm³/mol.